The molecule has 3 N–H and O–H groups in total. The second-order valence-corrected chi connectivity index (χ2v) is 10.2. The molecule has 3 aromatic carbocycles. The van der Waals surface area contributed by atoms with E-state index in [0.29, 0.717) is 27.9 Å². The number of alkyl carbamates (subject to hydrolysis) is 1. The van der Waals surface area contributed by atoms with Crippen LogP contribution in [0.15, 0.2) is 66.9 Å². The van der Waals surface area contributed by atoms with E-state index < -0.39 is 29.4 Å². The minimum Gasteiger partial charge on any atom is -0.466 e. The van der Waals surface area contributed by atoms with Crippen molar-refractivity contribution in [3.8, 4) is 11.1 Å². The van der Waals surface area contributed by atoms with E-state index in [-0.39, 0.29) is 30.7 Å². The quantitative estimate of drug-likeness (QED) is 0.223. The Labute approximate surface area is 231 Å². The molecule has 208 valence electrons. The van der Waals surface area contributed by atoms with E-state index in [1.165, 1.54) is 0 Å². The normalized spacial score (nSPS) is 11.2. The number of esters is 1. The van der Waals surface area contributed by atoms with Crippen LogP contribution in [0.3, 0.4) is 0 Å². The summed E-state index contributed by atoms with van der Waals surface area (Å²) in [4.78, 5) is 40.6. The molecule has 0 spiro atoms. The van der Waals surface area contributed by atoms with Crippen molar-refractivity contribution in [3.63, 3.8) is 0 Å². The van der Waals surface area contributed by atoms with Crippen molar-refractivity contribution in [2.75, 3.05) is 11.9 Å². The predicted molar refractivity (Wildman–Crippen MR) is 151 cm³/mol. The Hall–Kier alpha value is -4.66. The van der Waals surface area contributed by atoms with E-state index >= 15 is 4.39 Å². The Balaban J connectivity index is 1.63. The standard InChI is InChI=1S/C31H32FN3O5/c1-5-39-27(36)17-19-9-6-7-12-25(19)35-29(37)21-15-24(22-13-14-33-26(22)16-21)23-11-8-10-20(28(23)32)18-34-30(38)40-31(2,3)4/h6-16,33H,5,17-18H2,1-4H3,(H,34,38)(H,35,37). The summed E-state index contributed by atoms with van der Waals surface area (Å²) in [6.45, 7) is 7.17. The lowest BCUT2D eigenvalue weighted by molar-refractivity contribution is -0.142. The van der Waals surface area contributed by atoms with Crippen LogP contribution in [0.5, 0.6) is 0 Å². The number of nitrogens with one attached hydrogen (secondary N) is 3. The lowest BCUT2D eigenvalue weighted by Crippen LogP contribution is -2.32. The molecule has 0 aliphatic rings. The van der Waals surface area contributed by atoms with Gasteiger partial charge in [-0.25, -0.2) is 9.18 Å². The number of benzene rings is 3. The van der Waals surface area contributed by atoms with Gasteiger partial charge in [0.2, 0.25) is 0 Å². The maximum Gasteiger partial charge on any atom is 0.407 e. The molecule has 40 heavy (non-hydrogen) atoms. The van der Waals surface area contributed by atoms with Crippen LogP contribution in [-0.4, -0.2) is 35.2 Å². The highest BCUT2D eigenvalue weighted by Crippen LogP contribution is 2.33. The summed E-state index contributed by atoms with van der Waals surface area (Å²) in [7, 11) is 0. The van der Waals surface area contributed by atoms with Gasteiger partial charge in [0.25, 0.3) is 5.91 Å². The van der Waals surface area contributed by atoms with Gasteiger partial charge in [0.15, 0.2) is 0 Å². The Kier molecular flexibility index (Phi) is 8.52. The third-order valence-corrected chi connectivity index (χ3v) is 6.03. The van der Waals surface area contributed by atoms with Gasteiger partial charge < -0.3 is 25.1 Å². The SMILES string of the molecule is CCOC(=O)Cc1ccccc1NC(=O)c1cc(-c2cccc(CNC(=O)OC(C)(C)C)c2F)c2cc[nH]c2c1. The average Bonchev–Trinajstić information content (AvgIpc) is 3.37. The van der Waals surface area contributed by atoms with Gasteiger partial charge in [0.05, 0.1) is 13.0 Å². The van der Waals surface area contributed by atoms with Crippen LogP contribution in [0.2, 0.25) is 0 Å². The molecule has 9 heteroatoms. The second-order valence-electron chi connectivity index (χ2n) is 10.2. The van der Waals surface area contributed by atoms with Crippen molar-refractivity contribution >= 4 is 34.6 Å². The van der Waals surface area contributed by atoms with Crippen LogP contribution >= 0.6 is 0 Å². The van der Waals surface area contributed by atoms with Crippen LogP contribution in [0, 0.1) is 5.82 Å². The maximum absolute atomic E-state index is 15.8. The van der Waals surface area contributed by atoms with Gasteiger partial charge in [-0.3, -0.25) is 9.59 Å². The summed E-state index contributed by atoms with van der Waals surface area (Å²) in [6.07, 6.45) is 1.09. The van der Waals surface area contributed by atoms with Gasteiger partial charge in [-0.15, -0.1) is 0 Å². The summed E-state index contributed by atoms with van der Waals surface area (Å²) >= 11 is 0. The number of aromatic amines is 1. The molecule has 0 bridgehead atoms. The Morgan fingerprint density at radius 1 is 0.950 bits per heavy atom. The monoisotopic (exact) mass is 545 g/mol. The number of carbonyl (C=O) groups excluding carboxylic acids is 3. The van der Waals surface area contributed by atoms with Crippen LogP contribution < -0.4 is 10.6 Å². The topological polar surface area (TPSA) is 110 Å². The number of para-hydroxylation sites is 1. The zero-order valence-corrected chi connectivity index (χ0v) is 22.9. The number of amides is 2. The number of halogens is 1. The highest BCUT2D eigenvalue weighted by atomic mass is 19.1. The van der Waals surface area contributed by atoms with E-state index in [4.69, 9.17) is 9.47 Å². The Bertz CT molecular complexity index is 1550. The molecule has 0 aliphatic heterocycles. The summed E-state index contributed by atoms with van der Waals surface area (Å²) in [5.41, 5.74) is 2.44. The first kappa shape index (κ1) is 28.4. The van der Waals surface area contributed by atoms with Crippen LogP contribution in [0.1, 0.15) is 49.2 Å². The summed E-state index contributed by atoms with van der Waals surface area (Å²) in [5.74, 6) is -1.33. The Morgan fingerprint density at radius 2 is 1.70 bits per heavy atom. The molecule has 0 radical (unpaired) electrons. The van der Waals surface area contributed by atoms with Gasteiger partial charge in [0, 0.05) is 46.0 Å². The van der Waals surface area contributed by atoms with E-state index in [1.54, 1.807) is 88.5 Å². The van der Waals surface area contributed by atoms with Crippen molar-refractivity contribution in [2.24, 2.45) is 0 Å². The summed E-state index contributed by atoms with van der Waals surface area (Å²) < 4.78 is 26.0. The van der Waals surface area contributed by atoms with E-state index in [2.05, 4.69) is 15.6 Å². The first-order chi connectivity index (χ1) is 19.1. The number of hydrogen-bond acceptors (Lipinski definition) is 5. The summed E-state index contributed by atoms with van der Waals surface area (Å²) in [6, 6.07) is 17.0. The predicted octanol–water partition coefficient (Wildman–Crippen LogP) is 6.36. The molecule has 1 heterocycles. The van der Waals surface area contributed by atoms with Crippen molar-refractivity contribution in [1.82, 2.24) is 10.3 Å². The smallest absolute Gasteiger partial charge is 0.407 e. The maximum atomic E-state index is 15.8. The van der Waals surface area contributed by atoms with Crippen molar-refractivity contribution in [2.45, 2.75) is 46.3 Å². The van der Waals surface area contributed by atoms with Gasteiger partial charge in [-0.05, 0) is 63.1 Å². The number of hydrogen-bond donors (Lipinski definition) is 3. The molecule has 4 rings (SSSR count). The number of anilines is 1. The third kappa shape index (κ3) is 6.85. The Morgan fingerprint density at radius 3 is 2.45 bits per heavy atom. The fourth-order valence-electron chi connectivity index (χ4n) is 4.29. The van der Waals surface area contributed by atoms with Crippen molar-refractivity contribution < 1.29 is 28.2 Å². The molecular formula is C31H32FN3O5. The van der Waals surface area contributed by atoms with E-state index in [1.807, 2.05) is 6.07 Å². The first-order valence-electron chi connectivity index (χ1n) is 13.0. The van der Waals surface area contributed by atoms with Crippen molar-refractivity contribution in [3.05, 3.63) is 89.4 Å². The molecule has 2 amide bonds. The number of aromatic nitrogens is 1. The molecule has 0 saturated carbocycles. The molecule has 0 unspecified atom stereocenters. The number of rotatable bonds is 8. The fraction of sp³-hybridized carbons (Fsp3) is 0.258. The fourth-order valence-corrected chi connectivity index (χ4v) is 4.29. The van der Waals surface area contributed by atoms with Gasteiger partial charge in [-0.1, -0.05) is 36.4 Å². The molecule has 8 nitrogen and oxygen atoms in total. The van der Waals surface area contributed by atoms with Crippen molar-refractivity contribution in [1.29, 1.82) is 0 Å². The number of fused-ring (bicyclic) bond motifs is 1. The van der Waals surface area contributed by atoms with Gasteiger partial charge >= 0.3 is 12.1 Å². The first-order valence-corrected chi connectivity index (χ1v) is 13.0. The third-order valence-electron chi connectivity index (χ3n) is 6.03. The minimum atomic E-state index is -0.676. The molecule has 0 fully saturated rings. The van der Waals surface area contributed by atoms with E-state index in [9.17, 15) is 14.4 Å². The van der Waals surface area contributed by atoms with Crippen LogP contribution in [-0.2, 0) is 27.2 Å². The van der Waals surface area contributed by atoms with Crippen LogP contribution in [0.4, 0.5) is 14.9 Å². The molecule has 0 atom stereocenters. The average molecular weight is 546 g/mol. The number of ether oxygens (including phenoxy) is 2. The summed E-state index contributed by atoms with van der Waals surface area (Å²) in [5, 5.41) is 6.19. The highest BCUT2D eigenvalue weighted by molar-refractivity contribution is 6.09. The second kappa shape index (κ2) is 12.0. The minimum absolute atomic E-state index is 0.0144. The molecule has 1 aromatic heterocycles. The molecule has 4 aromatic rings. The van der Waals surface area contributed by atoms with Gasteiger partial charge in [0.1, 0.15) is 11.4 Å². The molecule has 0 aliphatic carbocycles. The highest BCUT2D eigenvalue weighted by Gasteiger charge is 2.20. The number of H-pyrrole nitrogens is 1. The van der Waals surface area contributed by atoms with E-state index in [0.717, 1.165) is 5.39 Å². The molecular weight excluding hydrogens is 513 g/mol. The molecule has 0 saturated heterocycles. The largest absolute Gasteiger partial charge is 0.466 e. The van der Waals surface area contributed by atoms with Crippen LogP contribution in [0.25, 0.3) is 22.0 Å². The lowest BCUT2D eigenvalue weighted by Gasteiger charge is -2.20. The zero-order chi connectivity index (χ0) is 28.9. The zero-order valence-electron chi connectivity index (χ0n) is 22.9. The number of carbonyl (C=O) groups is 3. The lowest BCUT2D eigenvalue weighted by atomic mass is 9.96. The van der Waals surface area contributed by atoms with Gasteiger partial charge in [-0.2, -0.15) is 0 Å².